The number of amides is 1. The Hall–Kier alpha value is -2.28. The summed E-state index contributed by atoms with van der Waals surface area (Å²) < 4.78 is 0. The largest absolute Gasteiger partial charge is 0.369 e. The maximum atomic E-state index is 12.1. The first-order chi connectivity index (χ1) is 9.82. The Bertz CT molecular complexity index is 584. The van der Waals surface area contributed by atoms with Gasteiger partial charge in [0.1, 0.15) is 0 Å². The summed E-state index contributed by atoms with van der Waals surface area (Å²) >= 11 is 0. The lowest BCUT2D eigenvalue weighted by Crippen LogP contribution is -2.38. The number of nitro groups is 1. The van der Waals surface area contributed by atoms with Crippen LogP contribution in [-0.2, 0) is 4.79 Å². The Balaban J connectivity index is 1.99. The number of benzene rings is 1. The summed E-state index contributed by atoms with van der Waals surface area (Å²) in [7, 11) is 0. The molecular formula is C14H17N3O4. The van der Waals surface area contributed by atoms with Gasteiger partial charge in [-0.3, -0.25) is 24.6 Å². The SMILES string of the molecule is CC1(C(N)=O)CCN(CC(=O)c2ccc([N+](=O)[O-])cc2)C1. The van der Waals surface area contributed by atoms with Gasteiger partial charge in [-0.15, -0.1) is 0 Å². The second kappa shape index (κ2) is 5.61. The summed E-state index contributed by atoms with van der Waals surface area (Å²) in [6.45, 7) is 3.07. The van der Waals surface area contributed by atoms with Gasteiger partial charge in [0.15, 0.2) is 5.78 Å². The molecule has 2 N–H and O–H groups in total. The summed E-state index contributed by atoms with van der Waals surface area (Å²) in [5.41, 5.74) is 5.16. The molecule has 0 radical (unpaired) electrons. The minimum Gasteiger partial charge on any atom is -0.369 e. The fraction of sp³-hybridized carbons (Fsp3) is 0.429. The summed E-state index contributed by atoms with van der Waals surface area (Å²) in [6, 6.07) is 5.52. The molecule has 2 rings (SSSR count). The molecule has 1 heterocycles. The van der Waals surface area contributed by atoms with Crippen LogP contribution in [0.25, 0.3) is 0 Å². The normalized spacial score (nSPS) is 22.1. The molecular weight excluding hydrogens is 274 g/mol. The van der Waals surface area contributed by atoms with E-state index in [0.29, 0.717) is 25.1 Å². The van der Waals surface area contributed by atoms with Crippen LogP contribution in [0.15, 0.2) is 24.3 Å². The zero-order valence-corrected chi connectivity index (χ0v) is 11.7. The molecule has 1 atom stereocenters. The van der Waals surface area contributed by atoms with Crippen LogP contribution in [-0.4, -0.2) is 41.1 Å². The topological polar surface area (TPSA) is 107 Å². The molecule has 1 aromatic carbocycles. The van der Waals surface area contributed by atoms with Crippen molar-refractivity contribution in [3.8, 4) is 0 Å². The van der Waals surface area contributed by atoms with Gasteiger partial charge in [-0.1, -0.05) is 0 Å². The number of carbonyl (C=O) groups excluding carboxylic acids is 2. The van der Waals surface area contributed by atoms with Crippen LogP contribution in [0.4, 0.5) is 5.69 Å². The molecule has 1 aromatic rings. The lowest BCUT2D eigenvalue weighted by atomic mass is 9.89. The number of carbonyl (C=O) groups is 2. The van der Waals surface area contributed by atoms with Crippen LogP contribution in [0.5, 0.6) is 0 Å². The Labute approximate surface area is 121 Å². The molecule has 1 unspecified atom stereocenters. The molecule has 7 nitrogen and oxygen atoms in total. The van der Waals surface area contributed by atoms with Crippen molar-refractivity contribution >= 4 is 17.4 Å². The Morgan fingerprint density at radius 2 is 2.00 bits per heavy atom. The zero-order valence-electron chi connectivity index (χ0n) is 11.7. The number of nitro benzene ring substituents is 1. The summed E-state index contributed by atoms with van der Waals surface area (Å²) in [5, 5.41) is 10.6. The highest BCUT2D eigenvalue weighted by Gasteiger charge is 2.39. The van der Waals surface area contributed by atoms with E-state index in [1.165, 1.54) is 24.3 Å². The van der Waals surface area contributed by atoms with E-state index in [2.05, 4.69) is 0 Å². The van der Waals surface area contributed by atoms with E-state index in [1.54, 1.807) is 6.92 Å². The number of Topliss-reactive ketones (excluding diaryl/α,β-unsaturated/α-hetero) is 1. The van der Waals surface area contributed by atoms with Crippen LogP contribution >= 0.6 is 0 Å². The standard InChI is InChI=1S/C14H17N3O4/c1-14(13(15)19)6-7-16(9-14)8-12(18)10-2-4-11(5-3-10)17(20)21/h2-5H,6-9H2,1H3,(H2,15,19). The van der Waals surface area contributed by atoms with Crippen LogP contribution < -0.4 is 5.73 Å². The summed E-state index contributed by atoms with van der Waals surface area (Å²) in [6.07, 6.45) is 0.635. The lowest BCUT2D eigenvalue weighted by molar-refractivity contribution is -0.384. The molecule has 1 amide bonds. The van der Waals surface area contributed by atoms with E-state index in [1.807, 2.05) is 4.90 Å². The highest BCUT2D eigenvalue weighted by molar-refractivity contribution is 5.97. The third-order valence-corrected chi connectivity index (χ3v) is 3.91. The molecule has 1 aliphatic rings. The first-order valence-electron chi connectivity index (χ1n) is 6.62. The van der Waals surface area contributed by atoms with Crippen molar-refractivity contribution in [3.05, 3.63) is 39.9 Å². The van der Waals surface area contributed by atoms with Crippen LogP contribution in [0.1, 0.15) is 23.7 Å². The third-order valence-electron chi connectivity index (χ3n) is 3.91. The highest BCUT2D eigenvalue weighted by atomic mass is 16.6. The number of primary amides is 1. The Morgan fingerprint density at radius 3 is 2.48 bits per heavy atom. The van der Waals surface area contributed by atoms with E-state index < -0.39 is 10.3 Å². The number of hydrogen-bond donors (Lipinski definition) is 1. The van der Waals surface area contributed by atoms with Crippen molar-refractivity contribution in [2.45, 2.75) is 13.3 Å². The molecule has 0 aromatic heterocycles. The average Bonchev–Trinajstić information content (AvgIpc) is 2.81. The van der Waals surface area contributed by atoms with Gasteiger partial charge in [-0.25, -0.2) is 0 Å². The predicted octanol–water partition coefficient (Wildman–Crippen LogP) is 0.975. The quantitative estimate of drug-likeness (QED) is 0.494. The van der Waals surface area contributed by atoms with Crippen molar-refractivity contribution in [2.75, 3.05) is 19.6 Å². The Kier molecular flexibility index (Phi) is 4.04. The number of nitrogens with zero attached hydrogens (tertiary/aromatic N) is 2. The molecule has 21 heavy (non-hydrogen) atoms. The van der Waals surface area contributed by atoms with Gasteiger partial charge in [0.05, 0.1) is 16.9 Å². The Morgan fingerprint density at radius 1 is 1.38 bits per heavy atom. The number of likely N-dealkylation sites (tertiary alicyclic amines) is 1. The minimum atomic E-state index is -0.588. The minimum absolute atomic E-state index is 0.0472. The van der Waals surface area contributed by atoms with Crippen molar-refractivity contribution in [1.29, 1.82) is 0 Å². The van der Waals surface area contributed by atoms with Gasteiger partial charge in [-0.2, -0.15) is 0 Å². The van der Waals surface area contributed by atoms with E-state index in [9.17, 15) is 19.7 Å². The van der Waals surface area contributed by atoms with Crippen molar-refractivity contribution in [1.82, 2.24) is 4.90 Å². The van der Waals surface area contributed by atoms with Crippen molar-refractivity contribution in [2.24, 2.45) is 11.1 Å². The summed E-state index contributed by atoms with van der Waals surface area (Å²) in [5.74, 6) is -0.480. The first kappa shape index (κ1) is 15.1. The molecule has 0 bridgehead atoms. The highest BCUT2D eigenvalue weighted by Crippen LogP contribution is 2.29. The first-order valence-corrected chi connectivity index (χ1v) is 6.62. The van der Waals surface area contributed by atoms with Gasteiger partial charge in [0.2, 0.25) is 5.91 Å². The van der Waals surface area contributed by atoms with Gasteiger partial charge < -0.3 is 5.73 Å². The summed E-state index contributed by atoms with van der Waals surface area (Å²) in [4.78, 5) is 35.4. The third kappa shape index (κ3) is 3.25. The van der Waals surface area contributed by atoms with Gasteiger partial charge in [0, 0.05) is 24.2 Å². The fourth-order valence-corrected chi connectivity index (χ4v) is 2.46. The lowest BCUT2D eigenvalue weighted by Gasteiger charge is -2.20. The molecule has 0 spiro atoms. The monoisotopic (exact) mass is 291 g/mol. The van der Waals surface area contributed by atoms with E-state index >= 15 is 0 Å². The molecule has 1 fully saturated rings. The smallest absolute Gasteiger partial charge is 0.269 e. The van der Waals surface area contributed by atoms with Crippen molar-refractivity contribution < 1.29 is 14.5 Å². The van der Waals surface area contributed by atoms with Gasteiger partial charge in [-0.05, 0) is 32.0 Å². The van der Waals surface area contributed by atoms with Crippen LogP contribution in [0, 0.1) is 15.5 Å². The molecule has 112 valence electrons. The average molecular weight is 291 g/mol. The molecule has 1 saturated heterocycles. The number of rotatable bonds is 5. The number of ketones is 1. The number of nitrogens with two attached hydrogens (primary N) is 1. The predicted molar refractivity (Wildman–Crippen MR) is 75.8 cm³/mol. The van der Waals surface area contributed by atoms with Gasteiger partial charge >= 0.3 is 0 Å². The van der Waals surface area contributed by atoms with Crippen LogP contribution in [0.3, 0.4) is 0 Å². The molecule has 7 heteroatoms. The van der Waals surface area contributed by atoms with Crippen LogP contribution in [0.2, 0.25) is 0 Å². The fourth-order valence-electron chi connectivity index (χ4n) is 2.46. The van der Waals surface area contributed by atoms with E-state index in [0.717, 1.165) is 0 Å². The maximum absolute atomic E-state index is 12.1. The van der Waals surface area contributed by atoms with E-state index in [-0.39, 0.29) is 23.9 Å². The van der Waals surface area contributed by atoms with E-state index in [4.69, 9.17) is 5.73 Å². The number of non-ortho nitro benzene ring substituents is 1. The zero-order chi connectivity index (χ0) is 15.6. The molecule has 0 aliphatic carbocycles. The second-order valence-corrected chi connectivity index (χ2v) is 5.61. The van der Waals surface area contributed by atoms with Crippen molar-refractivity contribution in [3.63, 3.8) is 0 Å². The second-order valence-electron chi connectivity index (χ2n) is 5.61. The maximum Gasteiger partial charge on any atom is 0.269 e. The molecule has 0 saturated carbocycles. The number of hydrogen-bond acceptors (Lipinski definition) is 5. The van der Waals surface area contributed by atoms with Gasteiger partial charge in [0.25, 0.3) is 5.69 Å². The molecule has 1 aliphatic heterocycles.